The molecule has 8 heteroatoms. The van der Waals surface area contributed by atoms with Gasteiger partial charge in [0, 0.05) is 0 Å². The zero-order valence-electron chi connectivity index (χ0n) is 20.9. The van der Waals surface area contributed by atoms with E-state index in [1.54, 1.807) is 22.3 Å². The maximum Gasteiger partial charge on any atom is 0.286 e. The second-order valence-corrected chi connectivity index (χ2v) is 17.1. The van der Waals surface area contributed by atoms with Gasteiger partial charge < -0.3 is 16.5 Å². The summed E-state index contributed by atoms with van der Waals surface area (Å²) in [5.74, 6) is 0. The second-order valence-electron chi connectivity index (χ2n) is 9.64. The minimum absolute atomic E-state index is 0.199. The van der Waals surface area contributed by atoms with Gasteiger partial charge in [0.2, 0.25) is 0 Å². The van der Waals surface area contributed by atoms with Gasteiger partial charge >= 0.3 is 0 Å². The highest BCUT2D eigenvalue weighted by molar-refractivity contribution is 6.50. The molecule has 0 aliphatic carbocycles. The molecule has 0 radical (unpaired) electrons. The van der Waals surface area contributed by atoms with Crippen LogP contribution in [0, 0.1) is 5.41 Å². The van der Waals surface area contributed by atoms with Gasteiger partial charge in [0.05, 0.1) is 0 Å². The molecule has 0 unspecified atom stereocenters. The summed E-state index contributed by atoms with van der Waals surface area (Å²) in [4.78, 5) is 0. The summed E-state index contributed by atoms with van der Waals surface area (Å²) < 4.78 is 20.4. The van der Waals surface area contributed by atoms with Crippen molar-refractivity contribution in [2.45, 2.75) is 99.3 Å². The fourth-order valence-electron chi connectivity index (χ4n) is 3.70. The Morgan fingerprint density at radius 2 is 1.07 bits per heavy atom. The molecule has 1 heterocycles. The van der Waals surface area contributed by atoms with Crippen molar-refractivity contribution in [1.29, 1.82) is 0 Å². The van der Waals surface area contributed by atoms with Crippen molar-refractivity contribution in [2.24, 2.45) is 5.41 Å². The van der Waals surface area contributed by atoms with Crippen LogP contribution in [0.4, 0.5) is 0 Å². The molecule has 1 aromatic carbocycles. The Balaban J connectivity index is 0.000000467. The average molecular weight is 487 g/mol. The number of rotatable bonds is 7. The largest absolute Gasteiger partial charge is 0.425 e. The fraction of sp³-hybridized carbons (Fsp3) is 0.727. The summed E-state index contributed by atoms with van der Waals surface area (Å²) in [7, 11) is -2.61. The molecule has 0 atom stereocenters. The van der Waals surface area contributed by atoms with Crippen LogP contribution in [0.25, 0.3) is 0 Å². The molecule has 174 valence electrons. The lowest BCUT2D eigenvalue weighted by molar-refractivity contribution is 0.224. The topological polar surface area (TPSA) is 36.9 Å². The molecule has 1 fully saturated rings. The van der Waals surface area contributed by atoms with E-state index in [9.17, 15) is 0 Å². The second kappa shape index (κ2) is 14.2. The van der Waals surface area contributed by atoms with E-state index in [4.69, 9.17) is 16.5 Å². The molecule has 1 saturated heterocycles. The van der Waals surface area contributed by atoms with Crippen molar-refractivity contribution in [1.82, 2.24) is 0 Å². The van der Waals surface area contributed by atoms with Gasteiger partial charge in [-0.2, -0.15) is 0 Å². The number of aryl methyl sites for hydroxylation is 1. The van der Waals surface area contributed by atoms with E-state index in [1.807, 2.05) is 0 Å². The molecule has 1 aliphatic heterocycles. The van der Waals surface area contributed by atoms with Crippen molar-refractivity contribution < 1.29 is 16.5 Å². The van der Waals surface area contributed by atoms with Crippen LogP contribution >= 0.6 is 0 Å². The average Bonchev–Trinajstić information content (AvgIpc) is 2.63. The highest BCUT2D eigenvalue weighted by Crippen LogP contribution is 2.43. The zero-order chi connectivity index (χ0) is 22.6. The summed E-state index contributed by atoms with van der Waals surface area (Å²) in [5.41, 5.74) is 6.98. The zero-order valence-corrected chi connectivity index (χ0v) is 26.5. The van der Waals surface area contributed by atoms with Crippen LogP contribution in [0.1, 0.15) is 96.9 Å². The molecule has 1 aromatic rings. The molecule has 0 aromatic heterocycles. The predicted octanol–water partition coefficient (Wildman–Crippen LogP) is 2.93. The summed E-state index contributed by atoms with van der Waals surface area (Å²) in [6.45, 7) is 18.9. The van der Waals surface area contributed by atoms with Crippen LogP contribution in [0.3, 0.4) is 0 Å². The Kier molecular flexibility index (Phi) is 13.2. The standard InChI is InChI=1S/C22H38.H8O4Si4/c1-9-12-17-15-16-20(22(7,8)21(4,5)6)19(14-11-3)18(17)13-10-2;1-5-2-7-4-8-3-6-1/h15-16H,9-14H2,1-8H3;5-8H2. The molecular formula is C22H46O4Si4. The third-order valence-electron chi connectivity index (χ3n) is 6.26. The predicted molar refractivity (Wildman–Crippen MR) is 139 cm³/mol. The lowest BCUT2D eigenvalue weighted by Gasteiger charge is -2.41. The van der Waals surface area contributed by atoms with Gasteiger partial charge in [-0.3, -0.25) is 0 Å². The van der Waals surface area contributed by atoms with E-state index in [-0.39, 0.29) is 10.8 Å². The van der Waals surface area contributed by atoms with Crippen LogP contribution in [-0.4, -0.2) is 40.0 Å². The monoisotopic (exact) mass is 486 g/mol. The Hall–Kier alpha value is -0.0725. The fourth-order valence-corrected chi connectivity index (χ4v) is 10.9. The van der Waals surface area contributed by atoms with Gasteiger partial charge in [-0.05, 0) is 52.3 Å². The summed E-state index contributed by atoms with van der Waals surface area (Å²) >= 11 is 0. The van der Waals surface area contributed by atoms with E-state index in [2.05, 4.69) is 67.5 Å². The van der Waals surface area contributed by atoms with Gasteiger partial charge in [0.15, 0.2) is 0 Å². The lowest BCUT2D eigenvalue weighted by Crippen LogP contribution is -2.35. The third-order valence-corrected chi connectivity index (χ3v) is 11.6. The quantitative estimate of drug-likeness (QED) is 0.555. The Morgan fingerprint density at radius 3 is 1.47 bits per heavy atom. The maximum atomic E-state index is 5.10. The van der Waals surface area contributed by atoms with E-state index >= 15 is 0 Å². The number of hydrogen-bond acceptors (Lipinski definition) is 4. The molecular weight excluding hydrogens is 441 g/mol. The summed E-state index contributed by atoms with van der Waals surface area (Å²) in [6, 6.07) is 4.87. The van der Waals surface area contributed by atoms with Crippen molar-refractivity contribution >= 4 is 40.0 Å². The molecule has 4 nitrogen and oxygen atoms in total. The van der Waals surface area contributed by atoms with Crippen LogP contribution in [-0.2, 0) is 41.1 Å². The molecule has 30 heavy (non-hydrogen) atoms. The van der Waals surface area contributed by atoms with Crippen molar-refractivity contribution in [2.75, 3.05) is 0 Å². The Morgan fingerprint density at radius 1 is 0.633 bits per heavy atom. The molecule has 0 saturated carbocycles. The first-order valence-electron chi connectivity index (χ1n) is 11.7. The van der Waals surface area contributed by atoms with E-state index in [1.165, 1.54) is 38.5 Å². The first kappa shape index (κ1) is 28.0. The van der Waals surface area contributed by atoms with E-state index < -0.39 is 40.0 Å². The lowest BCUT2D eigenvalue weighted by atomic mass is 9.63. The summed E-state index contributed by atoms with van der Waals surface area (Å²) in [6.07, 6.45) is 7.40. The minimum Gasteiger partial charge on any atom is -0.425 e. The molecule has 2 rings (SSSR count). The Bertz CT molecular complexity index is 594. The van der Waals surface area contributed by atoms with Crippen LogP contribution < -0.4 is 0 Å². The van der Waals surface area contributed by atoms with Crippen LogP contribution in [0.15, 0.2) is 12.1 Å². The van der Waals surface area contributed by atoms with Crippen molar-refractivity contribution in [3.05, 3.63) is 34.4 Å². The highest BCUT2D eigenvalue weighted by Gasteiger charge is 2.36. The Labute approximate surface area is 195 Å². The van der Waals surface area contributed by atoms with Crippen LogP contribution in [0.5, 0.6) is 0 Å². The number of hydrogen-bond donors (Lipinski definition) is 0. The van der Waals surface area contributed by atoms with Gasteiger partial charge in [-0.15, -0.1) is 0 Å². The molecule has 0 amide bonds. The normalized spacial score (nSPS) is 18.9. The molecule has 0 N–H and O–H groups in total. The highest BCUT2D eigenvalue weighted by atomic mass is 28.4. The van der Waals surface area contributed by atoms with E-state index in [0.717, 1.165) is 0 Å². The smallest absolute Gasteiger partial charge is 0.286 e. The first-order chi connectivity index (χ1) is 14.2. The molecule has 0 bridgehead atoms. The first-order valence-corrected chi connectivity index (χ1v) is 16.3. The van der Waals surface area contributed by atoms with Gasteiger partial charge in [0.1, 0.15) is 0 Å². The van der Waals surface area contributed by atoms with E-state index in [0.29, 0.717) is 0 Å². The summed E-state index contributed by atoms with van der Waals surface area (Å²) in [5, 5.41) is 0. The number of benzene rings is 1. The van der Waals surface area contributed by atoms with Gasteiger partial charge in [0.25, 0.3) is 40.0 Å². The molecule has 0 spiro atoms. The van der Waals surface area contributed by atoms with Crippen LogP contribution in [0.2, 0.25) is 0 Å². The van der Waals surface area contributed by atoms with Gasteiger partial charge in [-0.25, -0.2) is 0 Å². The van der Waals surface area contributed by atoms with Gasteiger partial charge in [-0.1, -0.05) is 86.8 Å². The minimum atomic E-state index is -0.653. The SMILES string of the molecule is CCCc1ccc(C(C)(C)C(C)(C)C)c(CCC)c1CCC.O1[SiH2]O[SiH2]O[SiH2]O[SiH2]1. The molecule has 1 aliphatic rings. The maximum absolute atomic E-state index is 5.10. The van der Waals surface area contributed by atoms with Crippen molar-refractivity contribution in [3.63, 3.8) is 0 Å². The third kappa shape index (κ3) is 8.46. The van der Waals surface area contributed by atoms with Crippen molar-refractivity contribution in [3.8, 4) is 0 Å².